The zero-order valence-corrected chi connectivity index (χ0v) is 10.7. The fraction of sp³-hybridized carbons (Fsp3) is 0.400. The zero-order chi connectivity index (χ0) is 12.1. The van der Waals surface area contributed by atoms with Crippen molar-refractivity contribution in [1.82, 2.24) is 4.98 Å². The van der Waals surface area contributed by atoms with E-state index in [0.717, 1.165) is 0 Å². The number of hydrogen-bond donors (Lipinski definition) is 1. The number of esters is 1. The molecule has 0 radical (unpaired) electrons. The predicted octanol–water partition coefficient (Wildman–Crippen LogP) is 1.07. The van der Waals surface area contributed by atoms with Gasteiger partial charge in [-0.2, -0.15) is 0 Å². The summed E-state index contributed by atoms with van der Waals surface area (Å²) in [5.41, 5.74) is 6.24. The molecule has 1 rings (SSSR count). The second-order valence-electron chi connectivity index (χ2n) is 3.05. The van der Waals surface area contributed by atoms with Gasteiger partial charge >= 0.3 is 5.97 Å². The summed E-state index contributed by atoms with van der Waals surface area (Å²) in [6.07, 6.45) is 3.12. The summed E-state index contributed by atoms with van der Waals surface area (Å²) in [5, 5.41) is 0. The van der Waals surface area contributed by atoms with Crippen LogP contribution in [-0.4, -0.2) is 31.7 Å². The summed E-state index contributed by atoms with van der Waals surface area (Å²) in [6, 6.07) is 0. The van der Waals surface area contributed by atoms with E-state index in [0.29, 0.717) is 15.8 Å². The van der Waals surface area contributed by atoms with Crippen LogP contribution < -0.4 is 10.5 Å². The standard InChI is InChI=1S/C10H13BrN2O3/c1-15-8-5-13-4-7(11)9(8)6(3-12)10(14)16-2/h4-6H,3,12H2,1-2H3. The number of carbonyl (C=O) groups excluding carboxylic acids is 1. The highest BCUT2D eigenvalue weighted by atomic mass is 79.9. The third-order valence-corrected chi connectivity index (χ3v) is 2.82. The van der Waals surface area contributed by atoms with Gasteiger partial charge in [0, 0.05) is 22.8 Å². The van der Waals surface area contributed by atoms with Gasteiger partial charge in [0.2, 0.25) is 0 Å². The van der Waals surface area contributed by atoms with Crippen LogP contribution in [0.2, 0.25) is 0 Å². The van der Waals surface area contributed by atoms with Gasteiger partial charge in [-0.05, 0) is 15.9 Å². The maximum absolute atomic E-state index is 11.6. The first kappa shape index (κ1) is 12.9. The van der Waals surface area contributed by atoms with Crippen molar-refractivity contribution >= 4 is 21.9 Å². The molecule has 16 heavy (non-hydrogen) atoms. The number of nitrogens with zero attached hydrogens (tertiary/aromatic N) is 1. The van der Waals surface area contributed by atoms with E-state index in [-0.39, 0.29) is 6.54 Å². The Morgan fingerprint density at radius 1 is 1.56 bits per heavy atom. The summed E-state index contributed by atoms with van der Waals surface area (Å²) in [5.74, 6) is -0.444. The van der Waals surface area contributed by atoms with Gasteiger partial charge in [-0.1, -0.05) is 0 Å². The van der Waals surface area contributed by atoms with Crippen molar-refractivity contribution < 1.29 is 14.3 Å². The number of halogens is 1. The molecule has 0 fully saturated rings. The van der Waals surface area contributed by atoms with Crippen molar-refractivity contribution in [2.45, 2.75) is 5.92 Å². The van der Waals surface area contributed by atoms with Gasteiger partial charge in [-0.25, -0.2) is 0 Å². The van der Waals surface area contributed by atoms with Crippen LogP contribution in [0.5, 0.6) is 5.75 Å². The topological polar surface area (TPSA) is 74.4 Å². The molecular formula is C10H13BrN2O3. The third-order valence-electron chi connectivity index (χ3n) is 2.19. The Balaban J connectivity index is 3.22. The lowest BCUT2D eigenvalue weighted by Gasteiger charge is -2.17. The average molecular weight is 289 g/mol. The molecule has 1 aromatic heterocycles. The number of methoxy groups -OCH3 is 2. The zero-order valence-electron chi connectivity index (χ0n) is 9.07. The molecule has 0 aliphatic rings. The van der Waals surface area contributed by atoms with Gasteiger partial charge in [0.1, 0.15) is 5.75 Å². The van der Waals surface area contributed by atoms with E-state index in [1.807, 2.05) is 0 Å². The normalized spacial score (nSPS) is 12.0. The van der Waals surface area contributed by atoms with Crippen LogP contribution in [0.4, 0.5) is 0 Å². The Morgan fingerprint density at radius 2 is 2.25 bits per heavy atom. The predicted molar refractivity (Wildman–Crippen MR) is 62.3 cm³/mol. The number of pyridine rings is 1. The average Bonchev–Trinajstić information content (AvgIpc) is 2.31. The van der Waals surface area contributed by atoms with Crippen LogP contribution in [0.25, 0.3) is 0 Å². The highest BCUT2D eigenvalue weighted by molar-refractivity contribution is 9.10. The summed E-state index contributed by atoms with van der Waals surface area (Å²) in [4.78, 5) is 15.5. The lowest BCUT2D eigenvalue weighted by atomic mass is 10.00. The molecule has 0 spiro atoms. The number of hydrogen-bond acceptors (Lipinski definition) is 5. The van der Waals surface area contributed by atoms with Crippen molar-refractivity contribution in [3.05, 3.63) is 22.4 Å². The van der Waals surface area contributed by atoms with E-state index in [1.54, 1.807) is 6.20 Å². The SMILES string of the molecule is COC(=O)C(CN)c1c(Br)cncc1OC. The van der Waals surface area contributed by atoms with Gasteiger partial charge in [-0.3, -0.25) is 9.78 Å². The fourth-order valence-corrected chi connectivity index (χ4v) is 1.99. The molecular weight excluding hydrogens is 276 g/mol. The molecule has 6 heteroatoms. The minimum absolute atomic E-state index is 0.144. The molecule has 1 heterocycles. The lowest BCUT2D eigenvalue weighted by Crippen LogP contribution is -2.23. The molecule has 0 aliphatic carbocycles. The Hall–Kier alpha value is -1.14. The molecule has 0 amide bonds. The van der Waals surface area contributed by atoms with Crippen LogP contribution in [-0.2, 0) is 9.53 Å². The first-order chi connectivity index (χ1) is 7.65. The maximum Gasteiger partial charge on any atom is 0.314 e. The number of aromatic nitrogens is 1. The minimum Gasteiger partial charge on any atom is -0.495 e. The summed E-state index contributed by atoms with van der Waals surface area (Å²) in [6.45, 7) is 0.144. The van der Waals surface area contributed by atoms with Gasteiger partial charge in [-0.15, -0.1) is 0 Å². The molecule has 0 saturated carbocycles. The highest BCUT2D eigenvalue weighted by Crippen LogP contribution is 2.32. The Kier molecular flexibility index (Phi) is 4.70. The molecule has 0 aliphatic heterocycles. The number of nitrogens with two attached hydrogens (primary N) is 1. The van der Waals surface area contributed by atoms with Crippen molar-refractivity contribution in [2.75, 3.05) is 20.8 Å². The molecule has 1 atom stereocenters. The van der Waals surface area contributed by atoms with E-state index in [9.17, 15) is 4.79 Å². The smallest absolute Gasteiger partial charge is 0.314 e. The minimum atomic E-state index is -0.558. The molecule has 5 nitrogen and oxygen atoms in total. The Morgan fingerprint density at radius 3 is 2.75 bits per heavy atom. The number of ether oxygens (including phenoxy) is 2. The van der Waals surface area contributed by atoms with E-state index >= 15 is 0 Å². The first-order valence-electron chi connectivity index (χ1n) is 4.61. The van der Waals surface area contributed by atoms with Crippen LogP contribution in [0.1, 0.15) is 11.5 Å². The number of carbonyl (C=O) groups is 1. The fourth-order valence-electron chi connectivity index (χ4n) is 1.40. The second kappa shape index (κ2) is 5.81. The van der Waals surface area contributed by atoms with Crippen LogP contribution in [0.15, 0.2) is 16.9 Å². The molecule has 0 bridgehead atoms. The van der Waals surface area contributed by atoms with Gasteiger partial charge in [0.05, 0.1) is 26.3 Å². The molecule has 88 valence electrons. The van der Waals surface area contributed by atoms with Gasteiger partial charge in [0.25, 0.3) is 0 Å². The van der Waals surface area contributed by atoms with E-state index in [2.05, 4.69) is 20.9 Å². The number of rotatable bonds is 4. The van der Waals surface area contributed by atoms with Crippen molar-refractivity contribution in [3.63, 3.8) is 0 Å². The summed E-state index contributed by atoms with van der Waals surface area (Å²) in [7, 11) is 2.84. The summed E-state index contributed by atoms with van der Waals surface area (Å²) < 4.78 is 10.5. The molecule has 2 N–H and O–H groups in total. The van der Waals surface area contributed by atoms with Crippen LogP contribution in [0, 0.1) is 0 Å². The van der Waals surface area contributed by atoms with Crippen molar-refractivity contribution in [3.8, 4) is 5.75 Å². The van der Waals surface area contributed by atoms with Crippen molar-refractivity contribution in [1.29, 1.82) is 0 Å². The van der Waals surface area contributed by atoms with Crippen LogP contribution in [0.3, 0.4) is 0 Å². The highest BCUT2D eigenvalue weighted by Gasteiger charge is 2.25. The largest absolute Gasteiger partial charge is 0.495 e. The van der Waals surface area contributed by atoms with Gasteiger partial charge < -0.3 is 15.2 Å². The third kappa shape index (κ3) is 2.51. The molecule has 1 aromatic rings. The lowest BCUT2D eigenvalue weighted by molar-refractivity contribution is -0.142. The quantitative estimate of drug-likeness (QED) is 0.839. The monoisotopic (exact) mass is 288 g/mol. The molecule has 0 saturated heterocycles. The van der Waals surface area contributed by atoms with E-state index < -0.39 is 11.9 Å². The molecule has 0 aromatic carbocycles. The summed E-state index contributed by atoms with van der Waals surface area (Å²) >= 11 is 3.32. The Labute approximate surface area is 102 Å². The first-order valence-corrected chi connectivity index (χ1v) is 5.40. The van der Waals surface area contributed by atoms with Gasteiger partial charge in [0.15, 0.2) is 0 Å². The second-order valence-corrected chi connectivity index (χ2v) is 3.90. The van der Waals surface area contributed by atoms with Crippen LogP contribution >= 0.6 is 15.9 Å². The van der Waals surface area contributed by atoms with E-state index in [4.69, 9.17) is 15.2 Å². The Bertz CT molecular complexity index is 384. The molecule has 1 unspecified atom stereocenters. The maximum atomic E-state index is 11.6. The van der Waals surface area contributed by atoms with E-state index in [1.165, 1.54) is 20.4 Å². The van der Waals surface area contributed by atoms with Crippen molar-refractivity contribution in [2.24, 2.45) is 5.73 Å².